The Morgan fingerprint density at radius 3 is 2.50 bits per heavy atom. The molecule has 11 heteroatoms. The maximum absolute atomic E-state index is 13.0. The zero-order valence-electron chi connectivity index (χ0n) is 17.1. The molecule has 2 saturated heterocycles. The molecule has 0 aromatic carbocycles. The summed E-state index contributed by atoms with van der Waals surface area (Å²) in [4.78, 5) is 51.2. The molecule has 2 aliphatic rings. The van der Waals surface area contributed by atoms with Crippen molar-refractivity contribution in [1.82, 2.24) is 20.9 Å². The van der Waals surface area contributed by atoms with Gasteiger partial charge in [0.2, 0.25) is 17.7 Å². The second-order valence-corrected chi connectivity index (χ2v) is 8.13. The molecule has 10 nitrogen and oxygen atoms in total. The average molecular weight is 444 g/mol. The third-order valence-corrected chi connectivity index (χ3v) is 5.94. The van der Waals surface area contributed by atoms with E-state index in [2.05, 4.69) is 28.6 Å². The first-order valence-electron chi connectivity index (χ1n) is 10.6. The number of nitrogens with one attached hydrogen (secondary N) is 3. The van der Waals surface area contributed by atoms with Gasteiger partial charge in [-0.1, -0.05) is 0 Å². The molecule has 0 radical (unpaired) electrons. The fourth-order valence-corrected chi connectivity index (χ4v) is 4.13. The molecule has 2 rings (SSSR count). The van der Waals surface area contributed by atoms with Crippen LogP contribution in [0.1, 0.15) is 44.9 Å². The molecule has 170 valence electrons. The van der Waals surface area contributed by atoms with E-state index < -0.39 is 30.0 Å². The lowest BCUT2D eigenvalue weighted by Crippen LogP contribution is -2.56. The number of carboxylic acid groups (broad SMARTS) is 1. The van der Waals surface area contributed by atoms with E-state index in [0.717, 1.165) is 25.8 Å². The molecule has 4 atom stereocenters. The lowest BCUT2D eigenvalue weighted by Gasteiger charge is -2.28. The lowest BCUT2D eigenvalue weighted by molar-refractivity contribution is -0.142. The van der Waals surface area contributed by atoms with Gasteiger partial charge in [-0.2, -0.15) is 12.6 Å². The highest BCUT2D eigenvalue weighted by Crippen LogP contribution is 2.21. The molecule has 0 aromatic rings. The van der Waals surface area contributed by atoms with Gasteiger partial charge in [-0.3, -0.25) is 14.4 Å². The van der Waals surface area contributed by atoms with Crippen molar-refractivity contribution in [2.75, 3.05) is 25.4 Å². The maximum atomic E-state index is 13.0. The van der Waals surface area contributed by atoms with Crippen molar-refractivity contribution in [3.63, 3.8) is 0 Å². The van der Waals surface area contributed by atoms with Crippen molar-refractivity contribution >= 4 is 36.3 Å². The molecule has 4 unspecified atom stereocenters. The van der Waals surface area contributed by atoms with Gasteiger partial charge in [-0.25, -0.2) is 4.79 Å². The largest absolute Gasteiger partial charge is 0.480 e. The standard InChI is InChI=1S/C19H33N5O5S/c20-8-2-1-5-12(16(25)23-14(11-30)19(28)29)22-17(26)15-7-4-10-24(15)18(27)13-6-3-9-21-13/h12-15,21,30H,1-11,20H2,(H,22,26)(H,23,25)(H,28,29). The summed E-state index contributed by atoms with van der Waals surface area (Å²) < 4.78 is 0. The van der Waals surface area contributed by atoms with Gasteiger partial charge in [0, 0.05) is 12.3 Å². The van der Waals surface area contributed by atoms with Gasteiger partial charge in [0.15, 0.2) is 0 Å². The maximum Gasteiger partial charge on any atom is 0.327 e. The number of aliphatic carboxylic acids is 1. The van der Waals surface area contributed by atoms with E-state index >= 15 is 0 Å². The van der Waals surface area contributed by atoms with Crippen LogP contribution in [-0.2, 0) is 19.2 Å². The van der Waals surface area contributed by atoms with Crippen molar-refractivity contribution in [1.29, 1.82) is 0 Å². The van der Waals surface area contributed by atoms with Crippen LogP contribution in [0.4, 0.5) is 0 Å². The van der Waals surface area contributed by atoms with E-state index in [1.807, 2.05) is 0 Å². The molecule has 2 heterocycles. The Hall–Kier alpha value is -1.85. The van der Waals surface area contributed by atoms with Crippen LogP contribution in [0.15, 0.2) is 0 Å². The molecular formula is C19H33N5O5S. The summed E-state index contributed by atoms with van der Waals surface area (Å²) in [5, 5.41) is 17.5. The number of nitrogens with two attached hydrogens (primary N) is 1. The summed E-state index contributed by atoms with van der Waals surface area (Å²) in [6, 6.07) is -2.92. The minimum atomic E-state index is -1.19. The number of nitrogens with zero attached hydrogens (tertiary/aromatic N) is 1. The Bertz CT molecular complexity index is 628. The highest BCUT2D eigenvalue weighted by atomic mass is 32.1. The Morgan fingerprint density at radius 2 is 1.90 bits per heavy atom. The monoisotopic (exact) mass is 443 g/mol. The van der Waals surface area contributed by atoms with E-state index in [1.54, 1.807) is 4.90 Å². The minimum absolute atomic E-state index is 0.0656. The number of amides is 3. The minimum Gasteiger partial charge on any atom is -0.480 e. The van der Waals surface area contributed by atoms with E-state index in [4.69, 9.17) is 10.8 Å². The predicted molar refractivity (Wildman–Crippen MR) is 114 cm³/mol. The average Bonchev–Trinajstić information content (AvgIpc) is 3.42. The molecule has 0 aromatic heterocycles. The fourth-order valence-electron chi connectivity index (χ4n) is 3.89. The van der Waals surface area contributed by atoms with Gasteiger partial charge >= 0.3 is 5.97 Å². The lowest BCUT2D eigenvalue weighted by atomic mass is 10.1. The molecule has 2 aliphatic heterocycles. The summed E-state index contributed by atoms with van der Waals surface area (Å²) in [5.74, 6) is -2.29. The Balaban J connectivity index is 2.03. The number of carbonyl (C=O) groups is 4. The number of hydrogen-bond acceptors (Lipinski definition) is 7. The zero-order chi connectivity index (χ0) is 22.1. The summed E-state index contributed by atoms with van der Waals surface area (Å²) in [6.45, 7) is 1.76. The first kappa shape index (κ1) is 24.4. The van der Waals surface area contributed by atoms with Crippen molar-refractivity contribution in [3.05, 3.63) is 0 Å². The molecule has 0 spiro atoms. The summed E-state index contributed by atoms with van der Waals surface area (Å²) in [5.41, 5.74) is 5.52. The molecule has 0 saturated carbocycles. The number of carboxylic acids is 1. The topological polar surface area (TPSA) is 154 Å². The Morgan fingerprint density at radius 1 is 1.13 bits per heavy atom. The van der Waals surface area contributed by atoms with Gasteiger partial charge in [0.1, 0.15) is 18.1 Å². The molecule has 0 bridgehead atoms. The van der Waals surface area contributed by atoms with Crippen molar-refractivity contribution in [2.24, 2.45) is 5.73 Å². The van der Waals surface area contributed by atoms with Crippen LogP contribution in [-0.4, -0.2) is 83.3 Å². The third-order valence-electron chi connectivity index (χ3n) is 5.57. The van der Waals surface area contributed by atoms with Gasteiger partial charge in [-0.05, 0) is 58.0 Å². The van der Waals surface area contributed by atoms with Crippen LogP contribution in [0.2, 0.25) is 0 Å². The van der Waals surface area contributed by atoms with Crippen LogP contribution in [0.25, 0.3) is 0 Å². The highest BCUT2D eigenvalue weighted by molar-refractivity contribution is 7.80. The normalized spacial score (nSPS) is 23.1. The fraction of sp³-hybridized carbons (Fsp3) is 0.789. The quantitative estimate of drug-likeness (QED) is 0.174. The Labute approximate surface area is 182 Å². The number of rotatable bonds is 11. The van der Waals surface area contributed by atoms with Gasteiger partial charge < -0.3 is 31.7 Å². The molecular weight excluding hydrogens is 410 g/mol. The molecule has 2 fully saturated rings. The van der Waals surface area contributed by atoms with Gasteiger partial charge in [0.05, 0.1) is 6.04 Å². The van der Waals surface area contributed by atoms with E-state index in [9.17, 15) is 19.2 Å². The number of hydrogen-bond donors (Lipinski definition) is 6. The number of likely N-dealkylation sites (tertiary alicyclic amines) is 1. The van der Waals surface area contributed by atoms with Crippen molar-refractivity contribution in [2.45, 2.75) is 69.1 Å². The van der Waals surface area contributed by atoms with E-state index in [-0.39, 0.29) is 23.6 Å². The second-order valence-electron chi connectivity index (χ2n) is 7.77. The highest BCUT2D eigenvalue weighted by Gasteiger charge is 2.39. The predicted octanol–water partition coefficient (Wildman–Crippen LogP) is -1.16. The smallest absolute Gasteiger partial charge is 0.327 e. The second kappa shape index (κ2) is 12.1. The van der Waals surface area contributed by atoms with Crippen LogP contribution in [0.3, 0.4) is 0 Å². The van der Waals surface area contributed by atoms with Crippen molar-refractivity contribution in [3.8, 4) is 0 Å². The first-order chi connectivity index (χ1) is 14.4. The number of thiol groups is 1. The van der Waals surface area contributed by atoms with Crippen LogP contribution in [0.5, 0.6) is 0 Å². The molecule has 3 amide bonds. The summed E-state index contributed by atoms with van der Waals surface area (Å²) in [6.07, 6.45) is 4.56. The molecule has 30 heavy (non-hydrogen) atoms. The van der Waals surface area contributed by atoms with Crippen LogP contribution >= 0.6 is 12.6 Å². The zero-order valence-corrected chi connectivity index (χ0v) is 18.0. The molecule has 6 N–H and O–H groups in total. The van der Waals surface area contributed by atoms with Crippen LogP contribution in [0, 0.1) is 0 Å². The summed E-state index contributed by atoms with van der Waals surface area (Å²) in [7, 11) is 0. The molecule has 0 aliphatic carbocycles. The van der Waals surface area contributed by atoms with Crippen LogP contribution < -0.4 is 21.7 Å². The summed E-state index contributed by atoms with van der Waals surface area (Å²) >= 11 is 3.95. The SMILES string of the molecule is NCCCCC(NC(=O)C1CCCN1C(=O)C1CCCN1)C(=O)NC(CS)C(=O)O. The number of unbranched alkanes of at least 4 members (excludes halogenated alkanes) is 1. The van der Waals surface area contributed by atoms with E-state index in [0.29, 0.717) is 38.8 Å². The van der Waals surface area contributed by atoms with Crippen molar-refractivity contribution < 1.29 is 24.3 Å². The first-order valence-corrected chi connectivity index (χ1v) is 11.2. The van der Waals surface area contributed by atoms with Gasteiger partial charge in [-0.15, -0.1) is 0 Å². The Kier molecular flexibility index (Phi) is 9.86. The third kappa shape index (κ3) is 6.58. The van der Waals surface area contributed by atoms with E-state index in [1.165, 1.54) is 0 Å². The number of carbonyl (C=O) groups excluding carboxylic acids is 3. The van der Waals surface area contributed by atoms with Gasteiger partial charge in [0.25, 0.3) is 0 Å².